The van der Waals surface area contributed by atoms with E-state index in [0.29, 0.717) is 12.8 Å². The van der Waals surface area contributed by atoms with Crippen molar-refractivity contribution in [3.05, 3.63) is 0 Å². The molecule has 1 saturated carbocycles. The standard InChI is InChI=1S/C8H14F3N/c1-6(2)4-3-5-7(6,12)8(9,10)11/h3-5,12H2,1-2H3. The summed E-state index contributed by atoms with van der Waals surface area (Å²) >= 11 is 0. The van der Waals surface area contributed by atoms with Crippen molar-refractivity contribution in [3.8, 4) is 0 Å². The van der Waals surface area contributed by atoms with Crippen LogP contribution >= 0.6 is 0 Å². The number of hydrogen-bond acceptors (Lipinski definition) is 1. The molecule has 0 aromatic heterocycles. The molecule has 4 heteroatoms. The molecule has 0 spiro atoms. The Morgan fingerprint density at radius 3 is 1.83 bits per heavy atom. The van der Waals surface area contributed by atoms with Gasteiger partial charge in [0.15, 0.2) is 0 Å². The monoisotopic (exact) mass is 181 g/mol. The molecule has 0 bridgehead atoms. The summed E-state index contributed by atoms with van der Waals surface area (Å²) in [5.41, 5.74) is 2.60. The molecule has 1 atom stereocenters. The van der Waals surface area contributed by atoms with Crippen LogP contribution in [0.25, 0.3) is 0 Å². The fourth-order valence-corrected chi connectivity index (χ4v) is 1.90. The van der Waals surface area contributed by atoms with Gasteiger partial charge in [-0.25, -0.2) is 0 Å². The van der Waals surface area contributed by atoms with Crippen molar-refractivity contribution in [2.75, 3.05) is 0 Å². The molecule has 0 amide bonds. The Balaban J connectivity index is 2.98. The SMILES string of the molecule is CC1(C)CCCC1(N)C(F)(F)F. The van der Waals surface area contributed by atoms with Gasteiger partial charge in [0.2, 0.25) is 0 Å². The molecule has 0 aromatic rings. The molecule has 12 heavy (non-hydrogen) atoms. The predicted molar refractivity (Wildman–Crippen MR) is 40.6 cm³/mol. The minimum Gasteiger partial charge on any atom is -0.317 e. The Kier molecular flexibility index (Phi) is 1.95. The van der Waals surface area contributed by atoms with Gasteiger partial charge in [-0.3, -0.25) is 0 Å². The van der Waals surface area contributed by atoms with Crippen LogP contribution in [0, 0.1) is 5.41 Å². The summed E-state index contributed by atoms with van der Waals surface area (Å²) in [6.45, 7) is 3.18. The predicted octanol–water partition coefficient (Wildman–Crippen LogP) is 2.46. The third kappa shape index (κ3) is 1.13. The van der Waals surface area contributed by atoms with E-state index in [-0.39, 0.29) is 6.42 Å². The average molecular weight is 181 g/mol. The van der Waals surface area contributed by atoms with Crippen molar-refractivity contribution in [2.45, 2.75) is 44.8 Å². The largest absolute Gasteiger partial charge is 0.406 e. The van der Waals surface area contributed by atoms with Crippen LogP contribution < -0.4 is 5.73 Å². The topological polar surface area (TPSA) is 26.0 Å². The Bertz CT molecular complexity index is 185. The van der Waals surface area contributed by atoms with Crippen molar-refractivity contribution in [1.82, 2.24) is 0 Å². The fourth-order valence-electron chi connectivity index (χ4n) is 1.90. The third-order valence-electron chi connectivity index (χ3n) is 3.09. The van der Waals surface area contributed by atoms with E-state index < -0.39 is 17.1 Å². The van der Waals surface area contributed by atoms with Crippen LogP contribution in [0.5, 0.6) is 0 Å². The van der Waals surface area contributed by atoms with Crippen molar-refractivity contribution in [1.29, 1.82) is 0 Å². The molecule has 1 fully saturated rings. The van der Waals surface area contributed by atoms with E-state index >= 15 is 0 Å². The van der Waals surface area contributed by atoms with Gasteiger partial charge in [0.1, 0.15) is 5.54 Å². The number of nitrogens with two attached hydrogens (primary N) is 1. The molecular formula is C8H14F3N. The highest BCUT2D eigenvalue weighted by Gasteiger charge is 2.62. The van der Waals surface area contributed by atoms with Gasteiger partial charge in [-0.2, -0.15) is 13.2 Å². The van der Waals surface area contributed by atoms with Gasteiger partial charge >= 0.3 is 6.18 Å². The molecule has 1 nitrogen and oxygen atoms in total. The fraction of sp³-hybridized carbons (Fsp3) is 1.00. The number of rotatable bonds is 0. The Morgan fingerprint density at radius 1 is 1.17 bits per heavy atom. The van der Waals surface area contributed by atoms with E-state index in [9.17, 15) is 13.2 Å². The van der Waals surface area contributed by atoms with Crippen molar-refractivity contribution in [2.24, 2.45) is 11.1 Å². The number of halogens is 3. The van der Waals surface area contributed by atoms with Crippen LogP contribution in [0.2, 0.25) is 0 Å². The summed E-state index contributed by atoms with van der Waals surface area (Å²) in [5, 5.41) is 0. The van der Waals surface area contributed by atoms with Gasteiger partial charge < -0.3 is 5.73 Å². The van der Waals surface area contributed by atoms with E-state index in [1.165, 1.54) is 0 Å². The lowest BCUT2D eigenvalue weighted by atomic mass is 9.75. The molecule has 0 aliphatic heterocycles. The van der Waals surface area contributed by atoms with Crippen LogP contribution in [0.15, 0.2) is 0 Å². The van der Waals surface area contributed by atoms with Gasteiger partial charge in [-0.15, -0.1) is 0 Å². The summed E-state index contributed by atoms with van der Waals surface area (Å²) < 4.78 is 37.5. The maximum atomic E-state index is 12.5. The van der Waals surface area contributed by atoms with Crippen LogP contribution in [-0.2, 0) is 0 Å². The Labute approximate surface area is 70.1 Å². The summed E-state index contributed by atoms with van der Waals surface area (Å²) in [6, 6.07) is 0. The zero-order valence-electron chi connectivity index (χ0n) is 7.33. The third-order valence-corrected chi connectivity index (χ3v) is 3.09. The first-order chi connectivity index (χ1) is 5.21. The summed E-state index contributed by atoms with van der Waals surface area (Å²) in [7, 11) is 0. The minimum absolute atomic E-state index is 0.0590. The first-order valence-electron chi connectivity index (χ1n) is 4.06. The molecule has 0 saturated heterocycles. The first-order valence-corrected chi connectivity index (χ1v) is 4.06. The molecule has 0 heterocycles. The lowest BCUT2D eigenvalue weighted by Crippen LogP contribution is -2.59. The van der Waals surface area contributed by atoms with E-state index in [2.05, 4.69) is 0 Å². The summed E-state index contributed by atoms with van der Waals surface area (Å²) in [5.74, 6) is 0. The molecule has 72 valence electrons. The molecule has 1 rings (SSSR count). The lowest BCUT2D eigenvalue weighted by Gasteiger charge is -2.39. The smallest absolute Gasteiger partial charge is 0.317 e. The van der Waals surface area contributed by atoms with Gasteiger partial charge in [0, 0.05) is 0 Å². The molecule has 0 aromatic carbocycles. The molecule has 0 radical (unpaired) electrons. The van der Waals surface area contributed by atoms with E-state index in [4.69, 9.17) is 5.73 Å². The van der Waals surface area contributed by atoms with Crippen LogP contribution in [-0.4, -0.2) is 11.7 Å². The quantitative estimate of drug-likeness (QED) is 0.610. The zero-order chi connectivity index (χ0) is 9.62. The molecular weight excluding hydrogens is 167 g/mol. The molecule has 1 aliphatic rings. The van der Waals surface area contributed by atoms with Gasteiger partial charge in [0.05, 0.1) is 0 Å². The number of hydrogen-bond donors (Lipinski definition) is 1. The maximum Gasteiger partial charge on any atom is 0.406 e. The second-order valence-electron chi connectivity index (χ2n) is 4.21. The van der Waals surface area contributed by atoms with E-state index in [1.807, 2.05) is 0 Å². The second-order valence-corrected chi connectivity index (χ2v) is 4.21. The van der Waals surface area contributed by atoms with Crippen LogP contribution in [0.4, 0.5) is 13.2 Å². The highest BCUT2D eigenvalue weighted by molar-refractivity contribution is 5.07. The van der Waals surface area contributed by atoms with Crippen molar-refractivity contribution in [3.63, 3.8) is 0 Å². The lowest BCUT2D eigenvalue weighted by molar-refractivity contribution is -0.208. The molecule has 2 N–H and O–H groups in total. The summed E-state index contributed by atoms with van der Waals surface area (Å²) in [6.07, 6.45) is -3.08. The van der Waals surface area contributed by atoms with Gasteiger partial charge in [-0.05, 0) is 18.3 Å². The van der Waals surface area contributed by atoms with Gasteiger partial charge in [0.25, 0.3) is 0 Å². The molecule has 1 aliphatic carbocycles. The van der Waals surface area contributed by atoms with Gasteiger partial charge in [-0.1, -0.05) is 20.3 Å². The van der Waals surface area contributed by atoms with E-state index in [1.54, 1.807) is 13.8 Å². The van der Waals surface area contributed by atoms with Crippen molar-refractivity contribution >= 4 is 0 Å². The Hall–Kier alpha value is -0.250. The Morgan fingerprint density at radius 2 is 1.67 bits per heavy atom. The van der Waals surface area contributed by atoms with Crippen LogP contribution in [0.1, 0.15) is 33.1 Å². The van der Waals surface area contributed by atoms with Crippen molar-refractivity contribution < 1.29 is 13.2 Å². The zero-order valence-corrected chi connectivity index (χ0v) is 7.33. The first kappa shape index (κ1) is 9.84. The average Bonchev–Trinajstić information content (AvgIpc) is 2.07. The van der Waals surface area contributed by atoms with Crippen LogP contribution in [0.3, 0.4) is 0 Å². The second kappa shape index (κ2) is 2.37. The minimum atomic E-state index is -4.27. The molecule has 1 unspecified atom stereocenters. The highest BCUT2D eigenvalue weighted by atomic mass is 19.4. The normalized spacial score (nSPS) is 35.5. The highest BCUT2D eigenvalue weighted by Crippen LogP contribution is 2.52. The van der Waals surface area contributed by atoms with E-state index in [0.717, 1.165) is 0 Å². The maximum absolute atomic E-state index is 12.5. The summed E-state index contributed by atoms with van der Waals surface area (Å²) in [4.78, 5) is 0. The number of alkyl halides is 3.